The highest BCUT2D eigenvalue weighted by Gasteiger charge is 2.08. The Labute approximate surface area is 102 Å². The summed E-state index contributed by atoms with van der Waals surface area (Å²) in [6.45, 7) is 4.45. The quantitative estimate of drug-likeness (QED) is 0.872. The van der Waals surface area contributed by atoms with Gasteiger partial charge in [0.2, 0.25) is 0 Å². The van der Waals surface area contributed by atoms with E-state index in [0.717, 1.165) is 11.1 Å². The van der Waals surface area contributed by atoms with E-state index >= 15 is 0 Å². The van der Waals surface area contributed by atoms with E-state index in [1.54, 1.807) is 0 Å². The Morgan fingerprint density at radius 2 is 1.82 bits per heavy atom. The molecule has 0 atom stereocenters. The predicted molar refractivity (Wildman–Crippen MR) is 69.7 cm³/mol. The van der Waals surface area contributed by atoms with Crippen LogP contribution in [0.15, 0.2) is 42.7 Å². The van der Waals surface area contributed by atoms with E-state index < -0.39 is 0 Å². The van der Waals surface area contributed by atoms with Crippen LogP contribution in [0.4, 0.5) is 0 Å². The summed E-state index contributed by atoms with van der Waals surface area (Å²) in [6, 6.07) is 10.0. The fourth-order valence-electron chi connectivity index (χ4n) is 1.94. The number of hydrogen-bond donors (Lipinski definition) is 1. The van der Waals surface area contributed by atoms with E-state index in [1.165, 1.54) is 11.1 Å². The molecule has 2 heteroatoms. The minimum atomic E-state index is 0.0877. The van der Waals surface area contributed by atoms with Crippen LogP contribution < -0.4 is 0 Å². The molecule has 1 aromatic heterocycles. The molecular weight excluding hydrogens is 210 g/mol. The average Bonchev–Trinajstić information content (AvgIpc) is 2.39. The van der Waals surface area contributed by atoms with Gasteiger partial charge in [-0.05, 0) is 28.7 Å². The number of aromatic nitrogens is 1. The van der Waals surface area contributed by atoms with Crippen LogP contribution in [-0.2, 0) is 6.61 Å². The van der Waals surface area contributed by atoms with Crippen LogP contribution >= 0.6 is 0 Å². The van der Waals surface area contributed by atoms with Crippen LogP contribution in [0.3, 0.4) is 0 Å². The van der Waals surface area contributed by atoms with Gasteiger partial charge in [-0.1, -0.05) is 38.1 Å². The monoisotopic (exact) mass is 227 g/mol. The Morgan fingerprint density at radius 3 is 2.41 bits per heavy atom. The van der Waals surface area contributed by atoms with Gasteiger partial charge in [0.05, 0.1) is 6.61 Å². The normalized spacial score (nSPS) is 10.8. The molecule has 0 radical (unpaired) electrons. The molecule has 0 bridgehead atoms. The Bertz CT molecular complexity index is 489. The molecule has 0 spiro atoms. The zero-order chi connectivity index (χ0) is 12.3. The minimum absolute atomic E-state index is 0.0877. The summed E-state index contributed by atoms with van der Waals surface area (Å²) in [6.07, 6.45) is 3.74. The molecule has 0 amide bonds. The maximum atomic E-state index is 9.03. The van der Waals surface area contributed by atoms with Gasteiger partial charge in [0.1, 0.15) is 0 Å². The van der Waals surface area contributed by atoms with Gasteiger partial charge in [0, 0.05) is 18.0 Å². The first-order valence-corrected chi connectivity index (χ1v) is 5.86. The summed E-state index contributed by atoms with van der Waals surface area (Å²) in [5.41, 5.74) is 4.56. The lowest BCUT2D eigenvalue weighted by molar-refractivity contribution is 0.282. The predicted octanol–water partition coefficient (Wildman–Crippen LogP) is 3.36. The van der Waals surface area contributed by atoms with Crippen LogP contribution in [0, 0.1) is 0 Å². The van der Waals surface area contributed by atoms with Gasteiger partial charge >= 0.3 is 0 Å². The second-order valence-corrected chi connectivity index (χ2v) is 4.47. The van der Waals surface area contributed by atoms with E-state index in [0.29, 0.717) is 5.92 Å². The molecular formula is C15H17NO. The fourth-order valence-corrected chi connectivity index (χ4v) is 1.94. The first-order chi connectivity index (χ1) is 8.22. The first kappa shape index (κ1) is 11.8. The van der Waals surface area contributed by atoms with Crippen molar-refractivity contribution < 1.29 is 5.11 Å². The highest BCUT2D eigenvalue weighted by atomic mass is 16.3. The largest absolute Gasteiger partial charge is 0.392 e. The summed E-state index contributed by atoms with van der Waals surface area (Å²) in [7, 11) is 0. The lowest BCUT2D eigenvalue weighted by Gasteiger charge is -2.12. The Balaban J connectivity index is 2.45. The van der Waals surface area contributed by atoms with Gasteiger partial charge in [0.25, 0.3) is 0 Å². The standard InChI is InChI=1S/C15H17NO/c1-11(2)14-7-8-16-9-15(14)13-5-3-12(10-17)4-6-13/h3-9,11,17H,10H2,1-2H3. The Kier molecular flexibility index (Phi) is 3.55. The smallest absolute Gasteiger partial charge is 0.0681 e. The zero-order valence-electron chi connectivity index (χ0n) is 10.2. The molecule has 88 valence electrons. The van der Waals surface area contributed by atoms with Crippen molar-refractivity contribution >= 4 is 0 Å². The van der Waals surface area contributed by atoms with Crippen LogP contribution in [0.25, 0.3) is 11.1 Å². The molecule has 0 fully saturated rings. The van der Waals surface area contributed by atoms with Crippen LogP contribution in [-0.4, -0.2) is 10.1 Å². The van der Waals surface area contributed by atoms with E-state index in [4.69, 9.17) is 5.11 Å². The number of aliphatic hydroxyl groups excluding tert-OH is 1. The van der Waals surface area contributed by atoms with Crippen molar-refractivity contribution in [3.63, 3.8) is 0 Å². The summed E-state index contributed by atoms with van der Waals surface area (Å²) in [5, 5.41) is 9.03. The third-order valence-corrected chi connectivity index (χ3v) is 2.92. The Morgan fingerprint density at radius 1 is 1.12 bits per heavy atom. The maximum absolute atomic E-state index is 9.03. The molecule has 2 nitrogen and oxygen atoms in total. The lowest BCUT2D eigenvalue weighted by Crippen LogP contribution is -1.93. The van der Waals surface area contributed by atoms with Crippen molar-refractivity contribution in [1.29, 1.82) is 0 Å². The van der Waals surface area contributed by atoms with Crippen molar-refractivity contribution in [2.24, 2.45) is 0 Å². The highest BCUT2D eigenvalue weighted by molar-refractivity contribution is 5.67. The van der Waals surface area contributed by atoms with Crippen molar-refractivity contribution in [1.82, 2.24) is 4.98 Å². The molecule has 0 aliphatic heterocycles. The van der Waals surface area contributed by atoms with E-state index in [9.17, 15) is 0 Å². The summed E-state index contributed by atoms with van der Waals surface area (Å²) < 4.78 is 0. The maximum Gasteiger partial charge on any atom is 0.0681 e. The second kappa shape index (κ2) is 5.11. The molecule has 17 heavy (non-hydrogen) atoms. The number of aliphatic hydroxyl groups is 1. The van der Waals surface area contributed by atoms with Crippen molar-refractivity contribution in [3.8, 4) is 11.1 Å². The summed E-state index contributed by atoms with van der Waals surface area (Å²) in [4.78, 5) is 4.20. The SMILES string of the molecule is CC(C)c1ccncc1-c1ccc(CO)cc1. The molecule has 2 rings (SSSR count). The first-order valence-electron chi connectivity index (χ1n) is 5.86. The molecule has 2 aromatic rings. The van der Waals surface area contributed by atoms with Gasteiger partial charge in [-0.3, -0.25) is 4.98 Å². The van der Waals surface area contributed by atoms with Gasteiger partial charge in [-0.15, -0.1) is 0 Å². The molecule has 1 aromatic carbocycles. The highest BCUT2D eigenvalue weighted by Crippen LogP contribution is 2.28. The third kappa shape index (κ3) is 2.53. The lowest BCUT2D eigenvalue weighted by atomic mass is 9.94. The van der Waals surface area contributed by atoms with E-state index in [-0.39, 0.29) is 6.61 Å². The fraction of sp³-hybridized carbons (Fsp3) is 0.267. The molecule has 1 heterocycles. The van der Waals surface area contributed by atoms with E-state index in [2.05, 4.69) is 24.9 Å². The third-order valence-electron chi connectivity index (χ3n) is 2.92. The van der Waals surface area contributed by atoms with Crippen molar-refractivity contribution in [3.05, 3.63) is 53.9 Å². The molecule has 0 saturated carbocycles. The van der Waals surface area contributed by atoms with Crippen molar-refractivity contribution in [2.45, 2.75) is 26.4 Å². The number of nitrogens with zero attached hydrogens (tertiary/aromatic N) is 1. The number of pyridine rings is 1. The summed E-state index contributed by atoms with van der Waals surface area (Å²) >= 11 is 0. The van der Waals surface area contributed by atoms with Crippen molar-refractivity contribution in [2.75, 3.05) is 0 Å². The minimum Gasteiger partial charge on any atom is -0.392 e. The molecule has 1 N–H and O–H groups in total. The number of rotatable bonds is 3. The number of benzene rings is 1. The zero-order valence-corrected chi connectivity index (χ0v) is 10.2. The van der Waals surface area contributed by atoms with Gasteiger partial charge < -0.3 is 5.11 Å². The average molecular weight is 227 g/mol. The van der Waals surface area contributed by atoms with Crippen LogP contribution in [0.5, 0.6) is 0 Å². The Hall–Kier alpha value is -1.67. The second-order valence-electron chi connectivity index (χ2n) is 4.47. The molecule has 0 aliphatic carbocycles. The molecule has 0 unspecified atom stereocenters. The van der Waals surface area contributed by atoms with Gasteiger partial charge in [-0.25, -0.2) is 0 Å². The van der Waals surface area contributed by atoms with Gasteiger partial charge in [-0.2, -0.15) is 0 Å². The molecule has 0 saturated heterocycles. The van der Waals surface area contributed by atoms with Gasteiger partial charge in [0.15, 0.2) is 0 Å². The number of hydrogen-bond acceptors (Lipinski definition) is 2. The van der Waals surface area contributed by atoms with Crippen LogP contribution in [0.1, 0.15) is 30.9 Å². The summed E-state index contributed by atoms with van der Waals surface area (Å²) in [5.74, 6) is 0.477. The van der Waals surface area contributed by atoms with Crippen LogP contribution in [0.2, 0.25) is 0 Å². The topological polar surface area (TPSA) is 33.1 Å². The molecule has 0 aliphatic rings. The van der Waals surface area contributed by atoms with E-state index in [1.807, 2.05) is 36.7 Å².